The first kappa shape index (κ1) is 15.8. The van der Waals surface area contributed by atoms with E-state index in [2.05, 4.69) is 20.2 Å². The van der Waals surface area contributed by atoms with E-state index < -0.39 is 0 Å². The molecule has 1 aliphatic rings. The third kappa shape index (κ3) is 3.13. The van der Waals surface area contributed by atoms with Crippen LogP contribution in [0.15, 0.2) is 65.5 Å². The average Bonchev–Trinajstić information content (AvgIpc) is 3.20. The summed E-state index contributed by atoms with van der Waals surface area (Å²) in [6, 6.07) is 13.8. The number of aryl methyl sites for hydroxylation is 1. The molecular weight excluding hydrogens is 332 g/mol. The largest absolute Gasteiger partial charge is 0.464 e. The van der Waals surface area contributed by atoms with Crippen LogP contribution in [0.5, 0.6) is 0 Å². The standard InChI is InChI=1S/C19H18N4OS/c1-13-7-8-16(24-13)18-17(15-6-2-3-10-21-15)22-19(25)23(18)12-14-5-4-9-20-11-14/h2-11,17-18H,12H2,1H3,(H,22,25)/t17-,18+/m0/s1. The smallest absolute Gasteiger partial charge is 0.170 e. The summed E-state index contributed by atoms with van der Waals surface area (Å²) in [7, 11) is 0. The van der Waals surface area contributed by atoms with Gasteiger partial charge in [-0.1, -0.05) is 12.1 Å². The zero-order valence-corrected chi connectivity index (χ0v) is 14.6. The van der Waals surface area contributed by atoms with Crippen LogP contribution in [0, 0.1) is 6.92 Å². The van der Waals surface area contributed by atoms with E-state index >= 15 is 0 Å². The molecule has 0 aromatic carbocycles. The maximum Gasteiger partial charge on any atom is 0.170 e. The Hall–Kier alpha value is -2.73. The van der Waals surface area contributed by atoms with Crippen molar-refractivity contribution in [3.05, 3.63) is 83.8 Å². The van der Waals surface area contributed by atoms with Crippen LogP contribution in [-0.2, 0) is 6.54 Å². The first-order chi connectivity index (χ1) is 12.2. The fraction of sp³-hybridized carbons (Fsp3) is 0.211. The molecular formula is C19H18N4OS. The summed E-state index contributed by atoms with van der Waals surface area (Å²) in [5.74, 6) is 1.76. The molecule has 1 aliphatic heterocycles. The highest BCUT2D eigenvalue weighted by atomic mass is 32.1. The molecule has 0 bridgehead atoms. The summed E-state index contributed by atoms with van der Waals surface area (Å²) in [5, 5.41) is 4.11. The molecule has 0 radical (unpaired) electrons. The number of hydrogen-bond donors (Lipinski definition) is 1. The normalized spacial score (nSPS) is 19.9. The number of nitrogens with zero attached hydrogens (tertiary/aromatic N) is 3. The van der Waals surface area contributed by atoms with E-state index in [9.17, 15) is 0 Å². The van der Waals surface area contributed by atoms with Gasteiger partial charge in [-0.15, -0.1) is 0 Å². The lowest BCUT2D eigenvalue weighted by Gasteiger charge is -2.26. The van der Waals surface area contributed by atoms with Gasteiger partial charge in [0, 0.05) is 25.1 Å². The summed E-state index contributed by atoms with van der Waals surface area (Å²) in [6.45, 7) is 2.61. The third-order valence-corrected chi connectivity index (χ3v) is 4.68. The van der Waals surface area contributed by atoms with Gasteiger partial charge < -0.3 is 14.6 Å². The van der Waals surface area contributed by atoms with Gasteiger partial charge in [0.2, 0.25) is 0 Å². The van der Waals surface area contributed by atoms with E-state index in [0.717, 1.165) is 22.8 Å². The molecule has 0 amide bonds. The molecule has 3 aromatic heterocycles. The predicted molar refractivity (Wildman–Crippen MR) is 98.7 cm³/mol. The number of thiocarbonyl (C=S) groups is 1. The summed E-state index contributed by atoms with van der Waals surface area (Å²) >= 11 is 5.63. The number of pyridine rings is 2. The molecule has 0 spiro atoms. The molecule has 0 saturated carbocycles. The second-order valence-electron chi connectivity index (χ2n) is 6.06. The van der Waals surface area contributed by atoms with Gasteiger partial charge in [0.25, 0.3) is 0 Å². The Morgan fingerprint density at radius 2 is 2.08 bits per heavy atom. The van der Waals surface area contributed by atoms with Crippen LogP contribution in [0.1, 0.15) is 34.9 Å². The van der Waals surface area contributed by atoms with Crippen molar-refractivity contribution in [1.29, 1.82) is 0 Å². The van der Waals surface area contributed by atoms with Gasteiger partial charge in [-0.2, -0.15) is 0 Å². The van der Waals surface area contributed by atoms with Crippen molar-refractivity contribution in [3.63, 3.8) is 0 Å². The van der Waals surface area contributed by atoms with Crippen molar-refractivity contribution < 1.29 is 4.42 Å². The van der Waals surface area contributed by atoms with Crippen LogP contribution < -0.4 is 5.32 Å². The minimum Gasteiger partial charge on any atom is -0.464 e. The molecule has 0 aliphatic carbocycles. The SMILES string of the molecule is Cc1ccc([C@@H]2[C@H](c3ccccn3)NC(=S)N2Cc2cccnc2)o1. The summed E-state index contributed by atoms with van der Waals surface area (Å²) in [4.78, 5) is 10.9. The van der Waals surface area contributed by atoms with Crippen molar-refractivity contribution in [2.45, 2.75) is 25.6 Å². The van der Waals surface area contributed by atoms with Crippen molar-refractivity contribution in [1.82, 2.24) is 20.2 Å². The molecule has 5 nitrogen and oxygen atoms in total. The zero-order valence-electron chi connectivity index (χ0n) is 13.8. The molecule has 126 valence electrons. The summed E-state index contributed by atoms with van der Waals surface area (Å²) in [5.41, 5.74) is 2.04. The minimum atomic E-state index is -0.0593. The van der Waals surface area contributed by atoms with E-state index in [-0.39, 0.29) is 12.1 Å². The molecule has 3 aromatic rings. The first-order valence-corrected chi connectivity index (χ1v) is 8.56. The third-order valence-electron chi connectivity index (χ3n) is 4.33. The van der Waals surface area contributed by atoms with Crippen LogP contribution in [0.4, 0.5) is 0 Å². The van der Waals surface area contributed by atoms with E-state index in [1.165, 1.54) is 0 Å². The number of furan rings is 1. The predicted octanol–water partition coefficient (Wildman–Crippen LogP) is 3.55. The maximum absolute atomic E-state index is 5.95. The van der Waals surface area contributed by atoms with Crippen LogP contribution in [0.25, 0.3) is 0 Å². The molecule has 1 N–H and O–H groups in total. The molecule has 2 atom stereocenters. The molecule has 6 heteroatoms. The Kier molecular flexibility index (Phi) is 4.19. The second kappa shape index (κ2) is 6.64. The van der Waals surface area contributed by atoms with Gasteiger partial charge in [-0.3, -0.25) is 9.97 Å². The highest BCUT2D eigenvalue weighted by Gasteiger charge is 2.41. The molecule has 4 heterocycles. The van der Waals surface area contributed by atoms with Crippen LogP contribution >= 0.6 is 12.2 Å². The average molecular weight is 350 g/mol. The Morgan fingerprint density at radius 1 is 1.16 bits per heavy atom. The topological polar surface area (TPSA) is 54.2 Å². The Bertz CT molecular complexity index is 865. The molecule has 1 saturated heterocycles. The number of rotatable bonds is 4. The van der Waals surface area contributed by atoms with E-state index in [1.807, 2.05) is 55.6 Å². The lowest BCUT2D eigenvalue weighted by atomic mass is 10.0. The van der Waals surface area contributed by atoms with Gasteiger partial charge in [-0.25, -0.2) is 0 Å². The summed E-state index contributed by atoms with van der Waals surface area (Å²) < 4.78 is 5.95. The minimum absolute atomic E-state index is 0.0590. The monoisotopic (exact) mass is 350 g/mol. The van der Waals surface area contributed by atoms with Crippen LogP contribution in [0.3, 0.4) is 0 Å². The zero-order chi connectivity index (χ0) is 17.2. The highest BCUT2D eigenvalue weighted by molar-refractivity contribution is 7.80. The number of nitrogens with one attached hydrogen (secondary N) is 1. The van der Waals surface area contributed by atoms with Gasteiger partial charge in [-0.05, 0) is 55.0 Å². The van der Waals surface area contributed by atoms with Gasteiger partial charge in [0.1, 0.15) is 17.6 Å². The van der Waals surface area contributed by atoms with Gasteiger partial charge >= 0.3 is 0 Å². The van der Waals surface area contributed by atoms with Crippen LogP contribution in [0.2, 0.25) is 0 Å². The lowest BCUT2D eigenvalue weighted by molar-refractivity contribution is 0.264. The van der Waals surface area contributed by atoms with Gasteiger partial charge in [0.15, 0.2) is 5.11 Å². The Labute approximate surface area is 151 Å². The maximum atomic E-state index is 5.95. The Balaban J connectivity index is 1.72. The van der Waals surface area contributed by atoms with Crippen molar-refractivity contribution in [3.8, 4) is 0 Å². The number of aromatic nitrogens is 2. The van der Waals surface area contributed by atoms with Crippen molar-refractivity contribution in [2.24, 2.45) is 0 Å². The van der Waals surface area contributed by atoms with Crippen molar-refractivity contribution >= 4 is 17.3 Å². The fourth-order valence-electron chi connectivity index (χ4n) is 3.19. The highest BCUT2D eigenvalue weighted by Crippen LogP contribution is 2.39. The molecule has 4 rings (SSSR count). The number of hydrogen-bond acceptors (Lipinski definition) is 4. The Morgan fingerprint density at radius 3 is 2.76 bits per heavy atom. The van der Waals surface area contributed by atoms with Crippen molar-refractivity contribution in [2.75, 3.05) is 0 Å². The van der Waals surface area contributed by atoms with E-state index in [1.54, 1.807) is 12.4 Å². The van der Waals surface area contributed by atoms with E-state index in [4.69, 9.17) is 16.6 Å². The van der Waals surface area contributed by atoms with Crippen LogP contribution in [-0.4, -0.2) is 20.0 Å². The second-order valence-corrected chi connectivity index (χ2v) is 6.45. The fourth-order valence-corrected chi connectivity index (χ4v) is 3.49. The molecule has 0 unspecified atom stereocenters. The van der Waals surface area contributed by atoms with E-state index in [0.29, 0.717) is 11.7 Å². The van der Waals surface area contributed by atoms with Gasteiger partial charge in [0.05, 0.1) is 11.7 Å². The molecule has 25 heavy (non-hydrogen) atoms. The first-order valence-electron chi connectivity index (χ1n) is 8.15. The quantitative estimate of drug-likeness (QED) is 0.726. The molecule has 1 fully saturated rings. The lowest BCUT2D eigenvalue weighted by Crippen LogP contribution is -2.29. The summed E-state index contributed by atoms with van der Waals surface area (Å²) in [6.07, 6.45) is 5.43.